The van der Waals surface area contributed by atoms with Gasteiger partial charge in [-0.3, -0.25) is 5.43 Å². The maximum Gasteiger partial charge on any atom is 0.416 e. The second-order valence-electron chi connectivity index (χ2n) is 10.8. The zero-order valence-electron chi connectivity index (χ0n) is 23.4. The van der Waals surface area contributed by atoms with Gasteiger partial charge in [-0.2, -0.15) is 26.3 Å². The van der Waals surface area contributed by atoms with Crippen LogP contribution in [-0.4, -0.2) is 41.1 Å². The molecule has 0 saturated heterocycles. The van der Waals surface area contributed by atoms with E-state index in [4.69, 9.17) is 4.98 Å². The number of hydrogen-bond donors (Lipinski definition) is 2. The maximum atomic E-state index is 13.6. The molecule has 0 bridgehead atoms. The van der Waals surface area contributed by atoms with E-state index in [9.17, 15) is 26.3 Å². The lowest BCUT2D eigenvalue weighted by Crippen LogP contribution is -2.44. The number of para-hydroxylation sites is 1. The Morgan fingerprint density at radius 3 is 2.17 bits per heavy atom. The molecule has 2 aromatic carbocycles. The molecule has 13 heteroatoms. The molecular formula is C29H33F6N7. The Balaban J connectivity index is 1.56. The van der Waals surface area contributed by atoms with Gasteiger partial charge in [0.1, 0.15) is 5.82 Å². The van der Waals surface area contributed by atoms with E-state index in [1.165, 1.54) is 18.0 Å². The predicted molar refractivity (Wildman–Crippen MR) is 149 cm³/mol. The summed E-state index contributed by atoms with van der Waals surface area (Å²) >= 11 is 0. The first-order valence-electron chi connectivity index (χ1n) is 13.9. The number of nitrogens with zero attached hydrogens (tertiary/aromatic N) is 5. The van der Waals surface area contributed by atoms with E-state index in [1.54, 1.807) is 11.9 Å². The van der Waals surface area contributed by atoms with Crippen molar-refractivity contribution in [2.45, 2.75) is 58.0 Å². The van der Waals surface area contributed by atoms with Crippen LogP contribution >= 0.6 is 0 Å². The summed E-state index contributed by atoms with van der Waals surface area (Å²) in [7, 11) is 1.62. The van der Waals surface area contributed by atoms with Gasteiger partial charge in [0.05, 0.1) is 16.6 Å². The summed E-state index contributed by atoms with van der Waals surface area (Å²) in [6.45, 7) is 3.43. The van der Waals surface area contributed by atoms with Gasteiger partial charge in [-0.25, -0.2) is 10.1 Å². The van der Waals surface area contributed by atoms with Crippen LogP contribution in [0, 0.1) is 5.92 Å². The van der Waals surface area contributed by atoms with Gasteiger partial charge in [0, 0.05) is 44.2 Å². The van der Waals surface area contributed by atoms with E-state index in [-0.39, 0.29) is 30.7 Å². The molecule has 226 valence electrons. The monoisotopic (exact) mass is 593 g/mol. The van der Waals surface area contributed by atoms with Gasteiger partial charge < -0.3 is 9.80 Å². The number of nitrogens with one attached hydrogen (secondary N) is 2. The highest BCUT2D eigenvalue weighted by Gasteiger charge is 2.37. The van der Waals surface area contributed by atoms with Gasteiger partial charge in [-0.05, 0) is 61.6 Å². The molecule has 1 aliphatic carbocycles. The number of halogens is 6. The fraction of sp³-hybridized carbons (Fsp3) is 0.448. The Labute approximate surface area is 240 Å². The minimum absolute atomic E-state index is 0.132. The molecule has 7 nitrogen and oxygen atoms in total. The van der Waals surface area contributed by atoms with Crippen LogP contribution in [0.4, 0.5) is 32.2 Å². The van der Waals surface area contributed by atoms with Crippen LogP contribution in [0.5, 0.6) is 0 Å². The van der Waals surface area contributed by atoms with Crippen molar-refractivity contribution in [2.24, 2.45) is 11.0 Å². The molecule has 0 atom stereocenters. The summed E-state index contributed by atoms with van der Waals surface area (Å²) in [5.41, 5.74) is 4.37. The van der Waals surface area contributed by atoms with Crippen LogP contribution in [0.3, 0.4) is 0 Å². The summed E-state index contributed by atoms with van der Waals surface area (Å²) in [5.74, 6) is 1.53. The molecule has 2 heterocycles. The molecule has 1 saturated carbocycles. The van der Waals surface area contributed by atoms with E-state index in [2.05, 4.69) is 27.9 Å². The highest BCUT2D eigenvalue weighted by atomic mass is 19.4. The van der Waals surface area contributed by atoms with Crippen LogP contribution in [-0.2, 0) is 25.4 Å². The third kappa shape index (κ3) is 6.83. The minimum Gasteiger partial charge on any atom is -0.356 e. The maximum absolute atomic E-state index is 13.6. The standard InChI is InChI=1S/C29H33F6N7/c1-3-41(16-19-8-4-5-9-19)26-22(14-21-10-6-7-11-25(21)36-26)18-42(27-37-39-40(2)38-27)17-20-12-23(28(30,31)32)15-24(13-20)29(33,34)35/h6-7,10-15,19,39H,3-5,8-9,16-18H2,1-2H3,(H,37,38). The Morgan fingerprint density at radius 2 is 1.57 bits per heavy atom. The number of hydrazone groups is 1. The number of fused-ring (bicyclic) bond motifs is 1. The lowest BCUT2D eigenvalue weighted by molar-refractivity contribution is -0.143. The molecule has 2 aliphatic rings. The molecule has 2 N–H and O–H groups in total. The molecule has 1 fully saturated rings. The fourth-order valence-electron chi connectivity index (χ4n) is 5.62. The van der Waals surface area contributed by atoms with Crippen molar-refractivity contribution in [3.63, 3.8) is 0 Å². The smallest absolute Gasteiger partial charge is 0.356 e. The Kier molecular flexibility index (Phi) is 8.40. The largest absolute Gasteiger partial charge is 0.416 e. The van der Waals surface area contributed by atoms with Gasteiger partial charge in [-0.1, -0.05) is 31.0 Å². The molecule has 1 aliphatic heterocycles. The molecule has 42 heavy (non-hydrogen) atoms. The molecule has 0 radical (unpaired) electrons. The number of hydrogen-bond acceptors (Lipinski definition) is 7. The number of anilines is 1. The van der Waals surface area contributed by atoms with Crippen LogP contribution in [0.2, 0.25) is 0 Å². The van der Waals surface area contributed by atoms with Crippen LogP contribution in [0.1, 0.15) is 54.9 Å². The first kappa shape index (κ1) is 29.7. The summed E-state index contributed by atoms with van der Waals surface area (Å²) in [5, 5.41) is 6.59. The van der Waals surface area contributed by atoms with Crippen molar-refractivity contribution >= 4 is 22.7 Å². The first-order chi connectivity index (χ1) is 19.9. The van der Waals surface area contributed by atoms with E-state index in [0.29, 0.717) is 12.5 Å². The van der Waals surface area contributed by atoms with Crippen molar-refractivity contribution in [2.75, 3.05) is 25.0 Å². The Bertz CT molecular complexity index is 1400. The SMILES string of the molecule is CCN(CC1CCCC1)c1nc2ccccc2cc1CN(Cc1cc(C(F)(F)F)cc(C(F)(F)F)c1)C1=NN(C)NN1. The van der Waals surface area contributed by atoms with Gasteiger partial charge in [-0.15, -0.1) is 10.6 Å². The van der Waals surface area contributed by atoms with Crippen LogP contribution in [0.15, 0.2) is 53.6 Å². The second-order valence-corrected chi connectivity index (χ2v) is 10.8. The lowest BCUT2D eigenvalue weighted by atomic mass is 10.0. The van der Waals surface area contributed by atoms with Gasteiger partial charge >= 0.3 is 12.4 Å². The number of rotatable bonds is 8. The van der Waals surface area contributed by atoms with Crippen molar-refractivity contribution in [1.82, 2.24) is 26.0 Å². The number of pyridine rings is 1. The highest BCUT2D eigenvalue weighted by molar-refractivity contribution is 5.83. The summed E-state index contributed by atoms with van der Waals surface area (Å²) in [6, 6.07) is 11.3. The van der Waals surface area contributed by atoms with E-state index in [1.807, 2.05) is 30.3 Å². The van der Waals surface area contributed by atoms with Crippen molar-refractivity contribution in [3.05, 3.63) is 70.8 Å². The normalized spacial score (nSPS) is 16.2. The second kappa shape index (κ2) is 11.9. The molecular weight excluding hydrogens is 560 g/mol. The predicted octanol–water partition coefficient (Wildman–Crippen LogP) is 6.52. The zero-order chi connectivity index (χ0) is 30.1. The highest BCUT2D eigenvalue weighted by Crippen LogP contribution is 2.37. The molecule has 3 aromatic rings. The van der Waals surface area contributed by atoms with Crippen molar-refractivity contribution in [1.29, 1.82) is 0 Å². The molecule has 0 unspecified atom stereocenters. The lowest BCUT2D eigenvalue weighted by Gasteiger charge is -2.30. The van der Waals surface area contributed by atoms with Crippen molar-refractivity contribution in [3.8, 4) is 0 Å². The third-order valence-corrected chi connectivity index (χ3v) is 7.67. The summed E-state index contributed by atoms with van der Waals surface area (Å²) in [4.78, 5) is 8.83. The van der Waals surface area contributed by atoms with E-state index in [0.717, 1.165) is 53.8 Å². The number of alkyl halides is 6. The van der Waals surface area contributed by atoms with Gasteiger partial charge in [0.25, 0.3) is 0 Å². The van der Waals surface area contributed by atoms with Crippen LogP contribution < -0.4 is 15.9 Å². The summed E-state index contributed by atoms with van der Waals surface area (Å²) < 4.78 is 81.7. The van der Waals surface area contributed by atoms with Crippen LogP contribution in [0.25, 0.3) is 10.9 Å². The van der Waals surface area contributed by atoms with Crippen molar-refractivity contribution < 1.29 is 26.3 Å². The fourth-order valence-corrected chi connectivity index (χ4v) is 5.62. The Hall–Kier alpha value is -3.74. The molecule has 5 rings (SSSR count). The number of guanidine groups is 1. The van der Waals surface area contributed by atoms with E-state index < -0.39 is 23.5 Å². The quantitative estimate of drug-likeness (QED) is 0.290. The van der Waals surface area contributed by atoms with Gasteiger partial charge in [0.2, 0.25) is 5.96 Å². The van der Waals surface area contributed by atoms with Gasteiger partial charge in [0.15, 0.2) is 0 Å². The number of hydrazine groups is 2. The average molecular weight is 594 g/mol. The topological polar surface area (TPSA) is 59.0 Å². The minimum atomic E-state index is -4.94. The number of benzene rings is 2. The molecule has 0 spiro atoms. The molecule has 0 amide bonds. The number of aromatic nitrogens is 1. The summed E-state index contributed by atoms with van der Waals surface area (Å²) in [6.07, 6.45) is -5.22. The average Bonchev–Trinajstić information content (AvgIpc) is 3.61. The molecule has 1 aromatic heterocycles. The zero-order valence-corrected chi connectivity index (χ0v) is 23.4. The first-order valence-corrected chi connectivity index (χ1v) is 13.9. The third-order valence-electron chi connectivity index (χ3n) is 7.67. The van der Waals surface area contributed by atoms with E-state index >= 15 is 0 Å². The Morgan fingerprint density at radius 1 is 0.905 bits per heavy atom.